The van der Waals surface area contributed by atoms with E-state index in [4.69, 9.17) is 14.2 Å². The molecule has 0 spiro atoms. The molecule has 0 bridgehead atoms. The Bertz CT molecular complexity index is 593. The maximum Gasteiger partial charge on any atom is 0.338 e. The summed E-state index contributed by atoms with van der Waals surface area (Å²) in [7, 11) is 2.95. The number of rotatable bonds is 5. The van der Waals surface area contributed by atoms with Gasteiger partial charge in [0.2, 0.25) is 0 Å². The number of ether oxygens (including phenoxy) is 3. The van der Waals surface area contributed by atoms with Gasteiger partial charge in [0.25, 0.3) is 0 Å². The van der Waals surface area contributed by atoms with Crippen molar-refractivity contribution < 1.29 is 19.0 Å². The van der Waals surface area contributed by atoms with Crippen LogP contribution in [0.1, 0.15) is 15.9 Å². The second-order valence-electron chi connectivity index (χ2n) is 4.09. The molecule has 0 fully saturated rings. The van der Waals surface area contributed by atoms with Crippen molar-refractivity contribution >= 4 is 5.97 Å². The van der Waals surface area contributed by atoms with Gasteiger partial charge in [0, 0.05) is 5.56 Å². The minimum Gasteiger partial charge on any atom is -0.493 e. The third-order valence-electron chi connectivity index (χ3n) is 2.87. The molecule has 0 atom stereocenters. The van der Waals surface area contributed by atoms with Gasteiger partial charge in [-0.2, -0.15) is 0 Å². The molecule has 0 saturated heterocycles. The summed E-state index contributed by atoms with van der Waals surface area (Å²) in [5.74, 6) is 0.918. The van der Waals surface area contributed by atoms with Crippen molar-refractivity contribution in [1.82, 2.24) is 0 Å². The van der Waals surface area contributed by atoms with Crippen LogP contribution in [-0.4, -0.2) is 20.2 Å². The van der Waals surface area contributed by atoms with E-state index < -0.39 is 0 Å². The van der Waals surface area contributed by atoms with Crippen molar-refractivity contribution in [2.45, 2.75) is 6.61 Å². The van der Waals surface area contributed by atoms with Crippen molar-refractivity contribution in [3.05, 3.63) is 59.7 Å². The van der Waals surface area contributed by atoms with Gasteiger partial charge in [-0.15, -0.1) is 0 Å². The lowest BCUT2D eigenvalue weighted by Gasteiger charge is -2.12. The van der Waals surface area contributed by atoms with Crippen LogP contribution in [0.2, 0.25) is 0 Å². The Kier molecular flexibility index (Phi) is 4.60. The molecule has 4 nitrogen and oxygen atoms in total. The number of hydrogen-bond acceptors (Lipinski definition) is 4. The summed E-state index contributed by atoms with van der Waals surface area (Å²) in [5.41, 5.74) is 1.27. The molecule has 0 aliphatic heterocycles. The Morgan fingerprint density at radius 3 is 2.30 bits per heavy atom. The predicted octanol–water partition coefficient (Wildman–Crippen LogP) is 3.06. The first kappa shape index (κ1) is 13.9. The first-order chi connectivity index (χ1) is 9.76. The monoisotopic (exact) mass is 272 g/mol. The predicted molar refractivity (Wildman–Crippen MR) is 75.1 cm³/mol. The number of carbonyl (C=O) groups is 1. The molecule has 0 unspecified atom stereocenters. The van der Waals surface area contributed by atoms with Crippen LogP contribution in [0, 0.1) is 0 Å². The maximum atomic E-state index is 11.7. The maximum absolute atomic E-state index is 11.7. The largest absolute Gasteiger partial charge is 0.493 e. The summed E-state index contributed by atoms with van der Waals surface area (Å²) in [6, 6.07) is 14.6. The van der Waals surface area contributed by atoms with Gasteiger partial charge in [0.15, 0.2) is 11.5 Å². The smallest absolute Gasteiger partial charge is 0.338 e. The van der Waals surface area contributed by atoms with Crippen molar-refractivity contribution in [3.63, 3.8) is 0 Å². The average molecular weight is 272 g/mol. The summed E-state index contributed by atoms with van der Waals surface area (Å²) < 4.78 is 15.7. The van der Waals surface area contributed by atoms with E-state index >= 15 is 0 Å². The van der Waals surface area contributed by atoms with Crippen molar-refractivity contribution in [2.75, 3.05) is 14.2 Å². The quantitative estimate of drug-likeness (QED) is 0.785. The molecule has 0 N–H and O–H groups in total. The Hall–Kier alpha value is -2.49. The molecule has 2 rings (SSSR count). The van der Waals surface area contributed by atoms with E-state index in [9.17, 15) is 4.79 Å². The minimum absolute atomic E-state index is 0.269. The number of hydrogen-bond donors (Lipinski definition) is 0. The molecule has 2 aromatic rings. The number of benzene rings is 2. The highest BCUT2D eigenvalue weighted by atomic mass is 16.5. The second-order valence-corrected chi connectivity index (χ2v) is 4.09. The van der Waals surface area contributed by atoms with Gasteiger partial charge >= 0.3 is 5.97 Å². The molecule has 0 heterocycles. The molecule has 0 amide bonds. The van der Waals surface area contributed by atoms with Crippen LogP contribution in [0.5, 0.6) is 11.5 Å². The molecule has 0 aliphatic rings. The summed E-state index contributed by atoms with van der Waals surface area (Å²) in [5, 5.41) is 0. The average Bonchev–Trinajstić information content (AvgIpc) is 2.52. The molecule has 4 heteroatoms. The third kappa shape index (κ3) is 3.09. The topological polar surface area (TPSA) is 44.8 Å². The Labute approximate surface area is 117 Å². The first-order valence-electron chi connectivity index (χ1n) is 6.18. The fourth-order valence-corrected chi connectivity index (χ4v) is 1.85. The summed E-state index contributed by atoms with van der Waals surface area (Å²) in [4.78, 5) is 11.7. The summed E-state index contributed by atoms with van der Waals surface area (Å²) in [6.07, 6.45) is 0. The number of methoxy groups -OCH3 is 2. The fourth-order valence-electron chi connectivity index (χ4n) is 1.85. The van der Waals surface area contributed by atoms with Gasteiger partial charge in [-0.3, -0.25) is 0 Å². The second kappa shape index (κ2) is 6.61. The van der Waals surface area contributed by atoms with Crippen LogP contribution in [0.4, 0.5) is 0 Å². The molecule has 0 aromatic heterocycles. The van der Waals surface area contributed by atoms with Crippen LogP contribution in [-0.2, 0) is 11.3 Å². The molecule has 20 heavy (non-hydrogen) atoms. The van der Waals surface area contributed by atoms with E-state index in [0.29, 0.717) is 17.1 Å². The van der Waals surface area contributed by atoms with Crippen LogP contribution < -0.4 is 9.47 Å². The van der Waals surface area contributed by atoms with Crippen molar-refractivity contribution in [3.8, 4) is 11.5 Å². The highest BCUT2D eigenvalue weighted by Crippen LogP contribution is 2.27. The highest BCUT2D eigenvalue weighted by Gasteiger charge is 2.12. The normalized spacial score (nSPS) is 9.90. The number of carbonyl (C=O) groups excluding carboxylic acids is 1. The molecule has 104 valence electrons. The van der Waals surface area contributed by atoms with Crippen molar-refractivity contribution in [2.24, 2.45) is 0 Å². The first-order valence-corrected chi connectivity index (χ1v) is 6.18. The van der Waals surface area contributed by atoms with E-state index in [1.54, 1.807) is 19.2 Å². The zero-order chi connectivity index (χ0) is 14.4. The lowest BCUT2D eigenvalue weighted by molar-refractivity contribution is 0.0597. The Morgan fingerprint density at radius 2 is 1.60 bits per heavy atom. The van der Waals surface area contributed by atoms with Gasteiger partial charge in [0.05, 0.1) is 19.8 Å². The highest BCUT2D eigenvalue weighted by molar-refractivity contribution is 5.90. The van der Waals surface area contributed by atoms with E-state index in [1.807, 2.05) is 36.4 Å². The lowest BCUT2D eigenvalue weighted by Crippen LogP contribution is -2.08. The summed E-state index contributed by atoms with van der Waals surface area (Å²) in [6.45, 7) is 0.269. The van der Waals surface area contributed by atoms with Gasteiger partial charge in [0.1, 0.15) is 6.61 Å². The third-order valence-corrected chi connectivity index (χ3v) is 2.87. The lowest BCUT2D eigenvalue weighted by atomic mass is 10.1. The SMILES string of the molecule is COC(=O)c1ccccc1COc1ccccc1OC. The van der Waals surface area contributed by atoms with Crippen LogP contribution in [0.25, 0.3) is 0 Å². The molecule has 2 aromatic carbocycles. The summed E-state index contributed by atoms with van der Waals surface area (Å²) >= 11 is 0. The molecular weight excluding hydrogens is 256 g/mol. The van der Waals surface area contributed by atoms with E-state index in [0.717, 1.165) is 5.56 Å². The van der Waals surface area contributed by atoms with Crippen LogP contribution in [0.15, 0.2) is 48.5 Å². The van der Waals surface area contributed by atoms with Crippen LogP contribution in [0.3, 0.4) is 0 Å². The number of para-hydroxylation sites is 2. The van der Waals surface area contributed by atoms with Gasteiger partial charge in [-0.25, -0.2) is 4.79 Å². The molecule has 0 radical (unpaired) electrons. The zero-order valence-electron chi connectivity index (χ0n) is 11.5. The fraction of sp³-hybridized carbons (Fsp3) is 0.188. The molecular formula is C16H16O4. The van der Waals surface area contributed by atoms with Gasteiger partial charge in [-0.05, 0) is 18.2 Å². The van der Waals surface area contributed by atoms with E-state index in [2.05, 4.69) is 0 Å². The van der Waals surface area contributed by atoms with Crippen LogP contribution >= 0.6 is 0 Å². The van der Waals surface area contributed by atoms with Gasteiger partial charge < -0.3 is 14.2 Å². The van der Waals surface area contributed by atoms with Crippen molar-refractivity contribution in [1.29, 1.82) is 0 Å². The van der Waals surface area contributed by atoms with E-state index in [-0.39, 0.29) is 12.6 Å². The number of esters is 1. The Morgan fingerprint density at radius 1 is 0.950 bits per heavy atom. The minimum atomic E-state index is -0.371. The van der Waals surface area contributed by atoms with Gasteiger partial charge in [-0.1, -0.05) is 30.3 Å². The standard InChI is InChI=1S/C16H16O4/c1-18-14-9-5-6-10-15(14)20-11-12-7-3-4-8-13(12)16(17)19-2/h3-10H,11H2,1-2H3. The Balaban J connectivity index is 2.17. The zero-order valence-corrected chi connectivity index (χ0v) is 11.5. The molecule has 0 saturated carbocycles. The molecule has 0 aliphatic carbocycles. The van der Waals surface area contributed by atoms with E-state index in [1.165, 1.54) is 7.11 Å².